The monoisotopic (exact) mass is 512 g/mol. The highest BCUT2D eigenvalue weighted by molar-refractivity contribution is 7.53. The Hall–Kier alpha value is -1.60. The summed E-state index contributed by atoms with van der Waals surface area (Å²) in [4.78, 5) is 12.6. The first-order chi connectivity index (χ1) is 16.0. The lowest BCUT2D eigenvalue weighted by Gasteiger charge is -2.21. The summed E-state index contributed by atoms with van der Waals surface area (Å²) >= 11 is 0. The van der Waals surface area contributed by atoms with Crippen LogP contribution in [0.2, 0.25) is 25.7 Å². The van der Waals surface area contributed by atoms with Crippen LogP contribution in [0.15, 0.2) is 11.6 Å². The van der Waals surface area contributed by atoms with Gasteiger partial charge in [-0.05, 0) is 52.1 Å². The molecule has 0 atom stereocenters. The topological polar surface area (TPSA) is 80.3 Å². The second-order valence-corrected chi connectivity index (χ2v) is 17.5. The van der Waals surface area contributed by atoms with Gasteiger partial charge in [-0.1, -0.05) is 31.3 Å². The molecule has 9 heteroatoms. The molecule has 0 spiro atoms. The highest BCUT2D eigenvalue weighted by Gasteiger charge is 2.33. The Morgan fingerprint density at radius 2 is 1.79 bits per heavy atom. The van der Waals surface area contributed by atoms with Crippen LogP contribution in [-0.2, 0) is 31.4 Å². The number of rotatable bonds is 14. The van der Waals surface area contributed by atoms with E-state index in [2.05, 4.69) is 25.7 Å². The summed E-state index contributed by atoms with van der Waals surface area (Å²) in [6.45, 7) is 15.9. The number of methoxy groups -OCH3 is 1. The van der Waals surface area contributed by atoms with E-state index >= 15 is 0 Å². The first-order valence-corrected chi connectivity index (χ1v) is 17.5. The molecule has 0 unspecified atom stereocenters. The van der Waals surface area contributed by atoms with Crippen molar-refractivity contribution in [1.82, 2.24) is 0 Å². The van der Waals surface area contributed by atoms with Gasteiger partial charge in [0.15, 0.2) is 0 Å². The van der Waals surface area contributed by atoms with Gasteiger partial charge in [0.05, 0.1) is 33.1 Å². The van der Waals surface area contributed by atoms with Gasteiger partial charge in [-0.25, -0.2) is 4.79 Å². The SMILES string of the molecule is CCOP(=O)(CC/C(C)=C/Cc1c(OC)c(C)c2c(c1OCC[Si](C)(C)C)C(=O)OC2)OCC. The number of hydrogen-bond acceptors (Lipinski definition) is 7. The van der Waals surface area contributed by atoms with Crippen LogP contribution in [0.3, 0.4) is 0 Å². The van der Waals surface area contributed by atoms with E-state index in [9.17, 15) is 9.36 Å². The quantitative estimate of drug-likeness (QED) is 0.121. The molecule has 0 amide bonds. The zero-order valence-corrected chi connectivity index (χ0v) is 23.9. The summed E-state index contributed by atoms with van der Waals surface area (Å²) in [6.07, 6.45) is 3.49. The molecule has 0 fully saturated rings. The summed E-state index contributed by atoms with van der Waals surface area (Å²) in [7, 11) is -2.78. The minimum atomic E-state index is -3.10. The second-order valence-electron chi connectivity index (χ2n) is 9.73. The van der Waals surface area contributed by atoms with Gasteiger partial charge in [0.1, 0.15) is 23.7 Å². The minimum absolute atomic E-state index is 0.236. The third-order valence-electron chi connectivity index (χ3n) is 5.81. The van der Waals surface area contributed by atoms with Gasteiger partial charge in [-0.2, -0.15) is 0 Å². The number of allylic oxidation sites excluding steroid dienone is 2. The van der Waals surface area contributed by atoms with Crippen LogP contribution in [0.25, 0.3) is 0 Å². The predicted octanol–water partition coefficient (Wildman–Crippen LogP) is 6.54. The standard InChI is InChI=1S/C25H41O7PSi/c1-9-31-33(27,32-10-2)15-13-18(3)11-12-20-23(28-5)19(4)21-17-30-25(26)22(21)24(20)29-14-16-34(6,7)8/h11H,9-10,12-17H2,1-8H3/b18-11+. The van der Waals surface area contributed by atoms with E-state index in [0.29, 0.717) is 50.1 Å². The molecule has 0 aromatic heterocycles. The minimum Gasteiger partial charge on any atom is -0.496 e. The van der Waals surface area contributed by atoms with Crippen LogP contribution >= 0.6 is 7.60 Å². The molecule has 1 aliphatic heterocycles. The summed E-state index contributed by atoms with van der Waals surface area (Å²) in [6, 6.07) is 0.978. The zero-order valence-electron chi connectivity index (χ0n) is 22.0. The summed E-state index contributed by atoms with van der Waals surface area (Å²) in [5.74, 6) is 0.940. The molecule has 1 aliphatic rings. The van der Waals surface area contributed by atoms with Crippen molar-refractivity contribution in [1.29, 1.82) is 0 Å². The van der Waals surface area contributed by atoms with Crippen molar-refractivity contribution in [3.05, 3.63) is 33.9 Å². The molecule has 0 saturated carbocycles. The molecule has 0 saturated heterocycles. The van der Waals surface area contributed by atoms with Crippen LogP contribution in [0, 0.1) is 6.92 Å². The van der Waals surface area contributed by atoms with Crippen molar-refractivity contribution in [3.63, 3.8) is 0 Å². The number of hydrogen-bond donors (Lipinski definition) is 0. The van der Waals surface area contributed by atoms with Gasteiger partial charge < -0.3 is 23.3 Å². The van der Waals surface area contributed by atoms with Gasteiger partial charge in [0, 0.05) is 19.2 Å². The van der Waals surface area contributed by atoms with Gasteiger partial charge in [0.25, 0.3) is 0 Å². The molecule has 1 heterocycles. The Morgan fingerprint density at radius 3 is 2.35 bits per heavy atom. The fourth-order valence-corrected chi connectivity index (χ4v) is 6.34. The van der Waals surface area contributed by atoms with E-state index in [-0.39, 0.29) is 12.6 Å². The molecule has 2 rings (SSSR count). The number of ether oxygens (including phenoxy) is 3. The summed E-state index contributed by atoms with van der Waals surface area (Å²) < 4.78 is 41.0. The van der Waals surface area contributed by atoms with Crippen molar-refractivity contribution in [3.8, 4) is 11.5 Å². The van der Waals surface area contributed by atoms with Gasteiger partial charge in [-0.15, -0.1) is 0 Å². The number of carbonyl (C=O) groups excluding carboxylic acids is 1. The van der Waals surface area contributed by atoms with Crippen molar-refractivity contribution >= 4 is 21.6 Å². The number of benzene rings is 1. The van der Waals surface area contributed by atoms with E-state index in [0.717, 1.165) is 34.1 Å². The first kappa shape index (κ1) is 28.6. The van der Waals surface area contributed by atoms with Gasteiger partial charge in [-0.3, -0.25) is 4.57 Å². The zero-order chi connectivity index (χ0) is 25.5. The second kappa shape index (κ2) is 12.4. The van der Waals surface area contributed by atoms with E-state index < -0.39 is 15.7 Å². The van der Waals surface area contributed by atoms with Crippen LogP contribution in [0.1, 0.15) is 54.2 Å². The molecule has 192 valence electrons. The first-order valence-electron chi connectivity index (χ1n) is 12.0. The molecule has 0 N–H and O–H groups in total. The number of fused-ring (bicyclic) bond motifs is 1. The fraction of sp³-hybridized carbons (Fsp3) is 0.640. The van der Waals surface area contributed by atoms with E-state index in [1.165, 1.54) is 0 Å². The molecular weight excluding hydrogens is 471 g/mol. The molecular formula is C25H41O7PSi. The van der Waals surface area contributed by atoms with Crippen LogP contribution in [0.4, 0.5) is 0 Å². The third-order valence-corrected chi connectivity index (χ3v) is 9.59. The average Bonchev–Trinajstić information content (AvgIpc) is 3.14. The normalized spacial score (nSPS) is 14.2. The van der Waals surface area contributed by atoms with Crippen molar-refractivity contribution in [2.75, 3.05) is 33.1 Å². The Kier molecular flexibility index (Phi) is 10.4. The molecule has 34 heavy (non-hydrogen) atoms. The van der Waals surface area contributed by atoms with Crippen LogP contribution in [0.5, 0.6) is 11.5 Å². The number of carbonyl (C=O) groups is 1. The maximum Gasteiger partial charge on any atom is 0.342 e. The molecule has 0 aliphatic carbocycles. The predicted molar refractivity (Wildman–Crippen MR) is 138 cm³/mol. The Balaban J connectivity index is 2.35. The Labute approximate surface area is 205 Å². The lowest BCUT2D eigenvalue weighted by atomic mass is 9.94. The Bertz CT molecular complexity index is 940. The van der Waals surface area contributed by atoms with E-state index in [1.54, 1.807) is 7.11 Å². The maximum absolute atomic E-state index is 12.8. The number of cyclic esters (lactones) is 1. The number of esters is 1. The summed E-state index contributed by atoms with van der Waals surface area (Å²) in [5.41, 5.74) is 4.15. The van der Waals surface area contributed by atoms with E-state index in [1.807, 2.05) is 27.7 Å². The molecule has 0 radical (unpaired) electrons. The van der Waals surface area contributed by atoms with Gasteiger partial charge >= 0.3 is 13.6 Å². The van der Waals surface area contributed by atoms with Gasteiger partial charge in [0.2, 0.25) is 0 Å². The fourth-order valence-electron chi connectivity index (χ4n) is 3.88. The van der Waals surface area contributed by atoms with Crippen molar-refractivity contribution in [2.45, 2.75) is 72.8 Å². The van der Waals surface area contributed by atoms with Crippen molar-refractivity contribution in [2.24, 2.45) is 0 Å². The molecule has 0 bridgehead atoms. The van der Waals surface area contributed by atoms with E-state index in [4.69, 9.17) is 23.3 Å². The average molecular weight is 513 g/mol. The largest absolute Gasteiger partial charge is 0.496 e. The smallest absolute Gasteiger partial charge is 0.342 e. The maximum atomic E-state index is 12.8. The molecule has 1 aromatic rings. The lowest BCUT2D eigenvalue weighted by molar-refractivity contribution is 0.0532. The van der Waals surface area contributed by atoms with Crippen LogP contribution in [-0.4, -0.2) is 47.1 Å². The Morgan fingerprint density at radius 1 is 1.15 bits per heavy atom. The van der Waals surface area contributed by atoms with Crippen molar-refractivity contribution < 1.29 is 32.6 Å². The summed E-state index contributed by atoms with van der Waals surface area (Å²) in [5, 5.41) is 0. The third kappa shape index (κ3) is 7.45. The highest BCUT2D eigenvalue weighted by Crippen LogP contribution is 2.49. The lowest BCUT2D eigenvalue weighted by Crippen LogP contribution is -2.23. The highest BCUT2D eigenvalue weighted by atomic mass is 31.2. The molecule has 7 nitrogen and oxygen atoms in total. The van der Waals surface area contributed by atoms with Crippen LogP contribution < -0.4 is 9.47 Å². The molecule has 1 aromatic carbocycles.